The zero-order valence-electron chi connectivity index (χ0n) is 17.9. The normalized spacial score (nSPS) is 16.4. The number of hydrogen-bond donors (Lipinski definition) is 2. The van der Waals surface area contributed by atoms with Crippen molar-refractivity contribution < 1.29 is 18.9 Å². The molecule has 1 aliphatic heterocycles. The van der Waals surface area contributed by atoms with Crippen LogP contribution in [0.25, 0.3) is 10.9 Å². The molecule has 1 aliphatic rings. The second kappa shape index (κ2) is 9.89. The summed E-state index contributed by atoms with van der Waals surface area (Å²) >= 11 is 3.06. The fourth-order valence-corrected chi connectivity index (χ4v) is 5.38. The minimum Gasteiger partial charge on any atom is -0.480 e. The lowest BCUT2D eigenvalue weighted by molar-refractivity contribution is -0.137. The van der Waals surface area contributed by atoms with Gasteiger partial charge >= 0.3 is 5.97 Å². The van der Waals surface area contributed by atoms with Crippen molar-refractivity contribution in [3.8, 4) is 5.75 Å². The number of rotatable bonds is 8. The predicted octanol–water partition coefficient (Wildman–Crippen LogP) is 4.84. The molecule has 0 bridgehead atoms. The standard InChI is InChI=1S/C23H25N3O4S2/c1-15(27)24-17-3-8-20-21(13-25(14-23(28)29)22(20)11-17)16-9-10-26(12-16)32-19-6-4-18(5-7-19)30-31-2/h3-8,11,13,16H,9-10,12,14H2,1-2H3,(H,24,27)(H,28,29). The molecule has 7 nitrogen and oxygen atoms in total. The number of amides is 1. The van der Waals surface area contributed by atoms with E-state index in [0.29, 0.717) is 11.6 Å². The fourth-order valence-electron chi connectivity index (χ4n) is 4.07. The molecule has 2 N–H and O–H groups in total. The van der Waals surface area contributed by atoms with Gasteiger partial charge in [-0.05, 0) is 60.3 Å². The molecule has 1 atom stereocenters. The van der Waals surface area contributed by atoms with Crippen LogP contribution in [-0.4, -0.2) is 45.2 Å². The quantitative estimate of drug-likeness (QED) is 0.359. The second-order valence-electron chi connectivity index (χ2n) is 7.71. The first-order chi connectivity index (χ1) is 15.4. The zero-order valence-corrected chi connectivity index (χ0v) is 19.5. The van der Waals surface area contributed by atoms with Crippen LogP contribution in [0.3, 0.4) is 0 Å². The van der Waals surface area contributed by atoms with E-state index in [1.165, 1.54) is 19.0 Å². The van der Waals surface area contributed by atoms with E-state index in [2.05, 4.69) is 21.8 Å². The summed E-state index contributed by atoms with van der Waals surface area (Å²) < 4.78 is 9.54. The van der Waals surface area contributed by atoms with Crippen molar-refractivity contribution >= 4 is 52.5 Å². The molecule has 1 amide bonds. The molecule has 32 heavy (non-hydrogen) atoms. The van der Waals surface area contributed by atoms with Crippen LogP contribution in [-0.2, 0) is 16.1 Å². The van der Waals surface area contributed by atoms with Gasteiger partial charge in [0, 0.05) is 54.4 Å². The van der Waals surface area contributed by atoms with Crippen molar-refractivity contribution in [2.75, 3.05) is 24.7 Å². The van der Waals surface area contributed by atoms with Crippen molar-refractivity contribution in [1.29, 1.82) is 0 Å². The molecule has 2 heterocycles. The minimum absolute atomic E-state index is 0.115. The summed E-state index contributed by atoms with van der Waals surface area (Å²) in [6.45, 7) is 3.18. The van der Waals surface area contributed by atoms with E-state index in [1.54, 1.807) is 16.5 Å². The van der Waals surface area contributed by atoms with Gasteiger partial charge in [0.1, 0.15) is 12.3 Å². The second-order valence-corrected chi connectivity index (χ2v) is 9.38. The Labute approximate surface area is 195 Å². The van der Waals surface area contributed by atoms with E-state index in [4.69, 9.17) is 4.18 Å². The van der Waals surface area contributed by atoms with Gasteiger partial charge in [0.15, 0.2) is 0 Å². The van der Waals surface area contributed by atoms with Gasteiger partial charge in [0.05, 0.1) is 17.6 Å². The van der Waals surface area contributed by atoms with Crippen molar-refractivity contribution in [1.82, 2.24) is 8.87 Å². The summed E-state index contributed by atoms with van der Waals surface area (Å²) in [6, 6.07) is 13.8. The molecular weight excluding hydrogens is 446 g/mol. The molecule has 3 aromatic rings. The maximum absolute atomic E-state index is 11.4. The van der Waals surface area contributed by atoms with Crippen molar-refractivity contribution in [3.05, 3.63) is 54.2 Å². The Morgan fingerprint density at radius 3 is 2.69 bits per heavy atom. The van der Waals surface area contributed by atoms with Gasteiger partial charge in [-0.1, -0.05) is 6.07 Å². The van der Waals surface area contributed by atoms with Crippen LogP contribution in [0, 0.1) is 0 Å². The highest BCUT2D eigenvalue weighted by molar-refractivity contribution is 7.97. The Morgan fingerprint density at radius 1 is 1.22 bits per heavy atom. The third-order valence-electron chi connectivity index (χ3n) is 5.37. The number of carboxylic acid groups (broad SMARTS) is 1. The van der Waals surface area contributed by atoms with Gasteiger partial charge in [0.2, 0.25) is 5.91 Å². The molecular formula is C23H25N3O4S2. The van der Waals surface area contributed by atoms with E-state index in [9.17, 15) is 14.7 Å². The Kier molecular flexibility index (Phi) is 6.98. The topological polar surface area (TPSA) is 83.8 Å². The highest BCUT2D eigenvalue weighted by Gasteiger charge is 2.27. The Hall–Kier alpha value is -2.62. The van der Waals surface area contributed by atoms with Crippen molar-refractivity contribution in [3.63, 3.8) is 0 Å². The molecule has 4 rings (SSSR count). The number of benzene rings is 2. The molecule has 1 aromatic heterocycles. The first kappa shape index (κ1) is 22.6. The molecule has 0 spiro atoms. The number of carboxylic acids is 1. The van der Waals surface area contributed by atoms with E-state index in [-0.39, 0.29) is 12.5 Å². The van der Waals surface area contributed by atoms with E-state index in [1.807, 2.05) is 42.8 Å². The lowest BCUT2D eigenvalue weighted by Gasteiger charge is -2.15. The summed E-state index contributed by atoms with van der Waals surface area (Å²) in [7, 11) is 0. The number of fused-ring (bicyclic) bond motifs is 1. The first-order valence-corrected chi connectivity index (χ1v) is 12.2. The highest BCUT2D eigenvalue weighted by Crippen LogP contribution is 2.38. The number of aromatic nitrogens is 1. The average Bonchev–Trinajstić information content (AvgIpc) is 3.33. The zero-order chi connectivity index (χ0) is 22.7. The summed E-state index contributed by atoms with van der Waals surface area (Å²) in [5.41, 5.74) is 2.64. The van der Waals surface area contributed by atoms with Crippen LogP contribution >= 0.6 is 24.0 Å². The molecule has 1 unspecified atom stereocenters. The highest BCUT2D eigenvalue weighted by atomic mass is 32.2. The van der Waals surface area contributed by atoms with Crippen LogP contribution in [0.4, 0.5) is 5.69 Å². The molecule has 168 valence electrons. The van der Waals surface area contributed by atoms with Gasteiger partial charge in [-0.25, -0.2) is 4.31 Å². The third-order valence-corrected chi connectivity index (χ3v) is 6.80. The summed E-state index contributed by atoms with van der Waals surface area (Å²) in [5.74, 6) is 0.102. The number of carbonyl (C=O) groups is 2. The summed E-state index contributed by atoms with van der Waals surface area (Å²) in [5, 5.41) is 13.2. The van der Waals surface area contributed by atoms with Gasteiger partial charge in [-0.15, -0.1) is 0 Å². The van der Waals surface area contributed by atoms with Crippen LogP contribution in [0.2, 0.25) is 0 Å². The van der Waals surface area contributed by atoms with Crippen molar-refractivity contribution in [2.24, 2.45) is 0 Å². The first-order valence-electron chi connectivity index (χ1n) is 10.3. The van der Waals surface area contributed by atoms with Gasteiger partial charge in [-0.2, -0.15) is 0 Å². The van der Waals surface area contributed by atoms with Crippen LogP contribution < -0.4 is 9.50 Å². The minimum atomic E-state index is -0.893. The number of aliphatic carboxylic acids is 1. The monoisotopic (exact) mass is 471 g/mol. The van der Waals surface area contributed by atoms with Gasteiger partial charge in [0.25, 0.3) is 0 Å². The predicted molar refractivity (Wildman–Crippen MR) is 129 cm³/mol. The Bertz CT molecular complexity index is 1130. The number of anilines is 1. The molecule has 0 saturated carbocycles. The van der Waals surface area contributed by atoms with Crippen LogP contribution in [0.1, 0.15) is 24.8 Å². The summed E-state index contributed by atoms with van der Waals surface area (Å²) in [4.78, 5) is 24.0. The number of hydrogen-bond acceptors (Lipinski definition) is 6. The SMILES string of the molecule is CSOc1ccc(SN2CCC(c3cn(CC(=O)O)c4cc(NC(C)=O)ccc34)C2)cc1. The molecule has 1 saturated heterocycles. The maximum Gasteiger partial charge on any atom is 0.323 e. The molecule has 0 radical (unpaired) electrons. The number of nitrogens with one attached hydrogen (secondary N) is 1. The number of nitrogens with zero attached hydrogens (tertiary/aromatic N) is 2. The van der Waals surface area contributed by atoms with Crippen LogP contribution in [0.15, 0.2) is 53.6 Å². The van der Waals surface area contributed by atoms with E-state index >= 15 is 0 Å². The largest absolute Gasteiger partial charge is 0.480 e. The molecule has 2 aromatic carbocycles. The lowest BCUT2D eigenvalue weighted by atomic mass is 9.98. The molecule has 9 heteroatoms. The molecule has 0 aliphatic carbocycles. The Balaban J connectivity index is 1.53. The van der Waals surface area contributed by atoms with E-state index in [0.717, 1.165) is 46.6 Å². The fraction of sp³-hybridized carbons (Fsp3) is 0.304. The smallest absolute Gasteiger partial charge is 0.323 e. The van der Waals surface area contributed by atoms with Crippen LogP contribution in [0.5, 0.6) is 5.75 Å². The van der Waals surface area contributed by atoms with E-state index < -0.39 is 5.97 Å². The Morgan fingerprint density at radius 2 is 2.00 bits per heavy atom. The third kappa shape index (κ3) is 5.23. The lowest BCUT2D eigenvalue weighted by Crippen LogP contribution is -2.11. The van der Waals surface area contributed by atoms with Gasteiger partial charge in [-0.3, -0.25) is 9.59 Å². The van der Waals surface area contributed by atoms with Crippen molar-refractivity contribution in [2.45, 2.75) is 30.7 Å². The molecule has 1 fully saturated rings. The van der Waals surface area contributed by atoms with Gasteiger partial charge < -0.3 is 19.2 Å². The number of carbonyl (C=O) groups excluding carboxylic acids is 1. The maximum atomic E-state index is 11.4. The average molecular weight is 472 g/mol. The summed E-state index contributed by atoms with van der Waals surface area (Å²) in [6.07, 6.45) is 4.85.